The van der Waals surface area contributed by atoms with Crippen LogP contribution < -0.4 is 0 Å². The lowest BCUT2D eigenvalue weighted by molar-refractivity contribution is -0.148. The molecule has 0 radical (unpaired) electrons. The fraction of sp³-hybridized carbons (Fsp3) is 0.846. The Hall–Kier alpha value is -2.52. The van der Waals surface area contributed by atoms with Crippen LogP contribution in [0.15, 0.2) is 0 Å². The van der Waals surface area contributed by atoms with E-state index in [4.69, 9.17) is 18.9 Å². The Labute approximate surface area is 215 Å². The SMILES string of the molecule is COC(=O)[C@@H]1CC[C@H](C)N(C(=O)OC(C)(C)C)C1.COC(=O)[C@H]1CC[C@@H](C)N(C(=O)OC(C)(C)C)C1. The number of esters is 2. The molecule has 2 aliphatic heterocycles. The van der Waals surface area contributed by atoms with Crippen molar-refractivity contribution in [1.29, 1.82) is 0 Å². The number of likely N-dealkylation sites (tertiary alicyclic amines) is 2. The second-order valence-corrected chi connectivity index (χ2v) is 11.6. The van der Waals surface area contributed by atoms with Gasteiger partial charge in [-0.05, 0) is 81.1 Å². The number of carbonyl (C=O) groups excluding carboxylic acids is 4. The molecule has 10 heteroatoms. The lowest BCUT2D eigenvalue weighted by atomic mass is 9.94. The minimum Gasteiger partial charge on any atom is -0.469 e. The van der Waals surface area contributed by atoms with E-state index in [1.807, 2.05) is 55.4 Å². The Bertz CT molecular complexity index is 707. The lowest BCUT2D eigenvalue weighted by Crippen LogP contribution is -2.49. The first-order valence-electron chi connectivity index (χ1n) is 12.6. The fourth-order valence-electron chi connectivity index (χ4n) is 4.08. The molecule has 0 bridgehead atoms. The zero-order valence-corrected chi connectivity index (χ0v) is 23.7. The van der Waals surface area contributed by atoms with Gasteiger partial charge in [0.2, 0.25) is 0 Å². The average molecular weight is 515 g/mol. The van der Waals surface area contributed by atoms with Gasteiger partial charge in [-0.25, -0.2) is 9.59 Å². The van der Waals surface area contributed by atoms with Gasteiger partial charge in [0.15, 0.2) is 0 Å². The number of hydrogen-bond acceptors (Lipinski definition) is 8. The van der Waals surface area contributed by atoms with Gasteiger partial charge in [0.25, 0.3) is 0 Å². The summed E-state index contributed by atoms with van der Waals surface area (Å²) in [6, 6.07) is 0.196. The highest BCUT2D eigenvalue weighted by molar-refractivity contribution is 5.75. The quantitative estimate of drug-likeness (QED) is 0.394. The minimum absolute atomic E-state index is 0.0979. The highest BCUT2D eigenvalue weighted by atomic mass is 16.6. The molecule has 4 atom stereocenters. The molecular formula is C26H46N2O8. The molecule has 0 aromatic carbocycles. The molecule has 0 aliphatic carbocycles. The van der Waals surface area contributed by atoms with Crippen LogP contribution in [0.4, 0.5) is 9.59 Å². The number of nitrogens with zero attached hydrogens (tertiary/aromatic N) is 2. The summed E-state index contributed by atoms with van der Waals surface area (Å²) in [7, 11) is 2.75. The van der Waals surface area contributed by atoms with Gasteiger partial charge in [-0.15, -0.1) is 0 Å². The Kier molecular flexibility index (Phi) is 11.5. The molecule has 36 heavy (non-hydrogen) atoms. The first kappa shape index (κ1) is 31.5. The van der Waals surface area contributed by atoms with Crippen molar-refractivity contribution in [3.63, 3.8) is 0 Å². The van der Waals surface area contributed by atoms with Gasteiger partial charge < -0.3 is 28.7 Å². The Morgan fingerprint density at radius 2 is 0.917 bits per heavy atom. The molecule has 208 valence electrons. The van der Waals surface area contributed by atoms with Crippen molar-refractivity contribution in [2.24, 2.45) is 11.8 Å². The van der Waals surface area contributed by atoms with Crippen molar-refractivity contribution in [2.75, 3.05) is 27.3 Å². The highest BCUT2D eigenvalue weighted by Crippen LogP contribution is 2.26. The summed E-state index contributed by atoms with van der Waals surface area (Å²) >= 11 is 0. The van der Waals surface area contributed by atoms with Crippen LogP contribution in [0, 0.1) is 11.8 Å². The van der Waals surface area contributed by atoms with Crippen molar-refractivity contribution in [1.82, 2.24) is 9.80 Å². The summed E-state index contributed by atoms with van der Waals surface area (Å²) in [6.45, 7) is 15.7. The molecule has 0 aromatic heterocycles. The summed E-state index contributed by atoms with van der Waals surface area (Å²) in [6.07, 6.45) is 2.38. The van der Waals surface area contributed by atoms with Crippen LogP contribution in [0.5, 0.6) is 0 Å². The maximum absolute atomic E-state index is 12.0. The molecule has 0 aromatic rings. The van der Waals surface area contributed by atoms with Gasteiger partial charge in [-0.3, -0.25) is 9.59 Å². The molecule has 0 spiro atoms. The predicted molar refractivity (Wildman–Crippen MR) is 134 cm³/mol. The van der Waals surface area contributed by atoms with E-state index in [2.05, 4.69) is 0 Å². The van der Waals surface area contributed by atoms with Crippen molar-refractivity contribution in [2.45, 2.75) is 104 Å². The second-order valence-electron chi connectivity index (χ2n) is 11.6. The van der Waals surface area contributed by atoms with E-state index in [-0.39, 0.29) is 48.0 Å². The van der Waals surface area contributed by atoms with Crippen LogP contribution in [0.2, 0.25) is 0 Å². The Morgan fingerprint density at radius 1 is 0.611 bits per heavy atom. The van der Waals surface area contributed by atoms with Crippen LogP contribution in [0.1, 0.15) is 81.1 Å². The van der Waals surface area contributed by atoms with Crippen LogP contribution in [0.3, 0.4) is 0 Å². The second kappa shape index (κ2) is 13.1. The predicted octanol–water partition coefficient (Wildman–Crippen LogP) is 4.39. The maximum atomic E-state index is 12.0. The minimum atomic E-state index is -0.519. The van der Waals surface area contributed by atoms with Gasteiger partial charge in [0.1, 0.15) is 11.2 Å². The zero-order valence-electron chi connectivity index (χ0n) is 23.7. The van der Waals surface area contributed by atoms with Crippen LogP contribution >= 0.6 is 0 Å². The third-order valence-corrected chi connectivity index (χ3v) is 6.09. The number of ether oxygens (including phenoxy) is 4. The smallest absolute Gasteiger partial charge is 0.410 e. The number of rotatable bonds is 2. The molecule has 2 aliphatic rings. The summed E-state index contributed by atoms with van der Waals surface area (Å²) < 4.78 is 20.2. The Balaban J connectivity index is 0.000000360. The zero-order chi connectivity index (χ0) is 27.8. The largest absolute Gasteiger partial charge is 0.469 e. The van der Waals surface area contributed by atoms with E-state index >= 15 is 0 Å². The van der Waals surface area contributed by atoms with Crippen molar-refractivity contribution in [3.05, 3.63) is 0 Å². The molecule has 2 heterocycles. The maximum Gasteiger partial charge on any atom is 0.410 e. The van der Waals surface area contributed by atoms with Crippen LogP contribution in [-0.2, 0) is 28.5 Å². The van der Waals surface area contributed by atoms with E-state index in [0.717, 1.165) is 25.7 Å². The number of piperidine rings is 2. The van der Waals surface area contributed by atoms with Crippen LogP contribution in [-0.4, -0.2) is 84.5 Å². The third kappa shape index (κ3) is 10.2. The van der Waals surface area contributed by atoms with Crippen LogP contribution in [0.25, 0.3) is 0 Å². The molecule has 10 nitrogen and oxygen atoms in total. The standard InChI is InChI=1S/2C13H23NO4/c2*1-9-6-7-10(11(15)17-5)8-14(9)12(16)18-13(2,3)4/h2*9-10H,6-8H2,1-5H3/t2*9-,10+/m10/s1. The van der Waals surface area contributed by atoms with Crippen molar-refractivity contribution >= 4 is 24.1 Å². The first-order chi connectivity index (χ1) is 16.5. The molecule has 0 saturated carbocycles. The van der Waals surface area contributed by atoms with Gasteiger partial charge in [-0.1, -0.05) is 0 Å². The van der Waals surface area contributed by atoms with Crippen molar-refractivity contribution < 1.29 is 38.1 Å². The molecule has 0 N–H and O–H groups in total. The summed E-state index contributed by atoms with van der Waals surface area (Å²) in [5.74, 6) is -0.983. The fourth-order valence-corrected chi connectivity index (χ4v) is 4.08. The molecule has 2 saturated heterocycles. The van der Waals surface area contributed by atoms with E-state index < -0.39 is 11.2 Å². The number of hydrogen-bond donors (Lipinski definition) is 0. The molecule has 2 fully saturated rings. The number of amides is 2. The lowest BCUT2D eigenvalue weighted by Gasteiger charge is -2.37. The highest BCUT2D eigenvalue weighted by Gasteiger charge is 2.36. The van der Waals surface area contributed by atoms with Gasteiger partial charge in [0, 0.05) is 25.2 Å². The van der Waals surface area contributed by atoms with Crippen molar-refractivity contribution in [3.8, 4) is 0 Å². The Morgan fingerprint density at radius 3 is 1.17 bits per heavy atom. The monoisotopic (exact) mass is 514 g/mol. The molecule has 2 rings (SSSR count). The van der Waals surface area contributed by atoms with E-state index in [0.29, 0.717) is 13.1 Å². The van der Waals surface area contributed by atoms with Gasteiger partial charge in [-0.2, -0.15) is 0 Å². The van der Waals surface area contributed by atoms with E-state index in [1.54, 1.807) is 9.80 Å². The first-order valence-corrected chi connectivity index (χ1v) is 12.6. The van der Waals surface area contributed by atoms with E-state index in [1.165, 1.54) is 14.2 Å². The number of carbonyl (C=O) groups is 4. The van der Waals surface area contributed by atoms with Gasteiger partial charge >= 0.3 is 24.1 Å². The average Bonchev–Trinajstić information content (AvgIpc) is 2.76. The summed E-state index contributed by atoms with van der Waals surface area (Å²) in [5, 5.41) is 0. The molecular weight excluding hydrogens is 468 g/mol. The summed E-state index contributed by atoms with van der Waals surface area (Å²) in [5.41, 5.74) is -1.04. The van der Waals surface area contributed by atoms with Gasteiger partial charge in [0.05, 0.1) is 26.1 Å². The summed E-state index contributed by atoms with van der Waals surface area (Å²) in [4.78, 5) is 50.4. The molecule has 0 unspecified atom stereocenters. The topological polar surface area (TPSA) is 112 Å². The van der Waals surface area contributed by atoms with E-state index in [9.17, 15) is 19.2 Å². The normalized spacial score (nSPS) is 24.6. The number of methoxy groups -OCH3 is 2. The third-order valence-electron chi connectivity index (χ3n) is 6.09. The molecule has 2 amide bonds.